The number of hydrogen-bond acceptors (Lipinski definition) is 3. The van der Waals surface area contributed by atoms with Gasteiger partial charge in [-0.3, -0.25) is 0 Å². The molecule has 0 saturated carbocycles. The minimum absolute atomic E-state index is 0.725. The van der Waals surface area contributed by atoms with Gasteiger partial charge in [-0.2, -0.15) is 5.10 Å². The number of rotatable bonds is 2. The van der Waals surface area contributed by atoms with Crippen LogP contribution >= 0.6 is 0 Å². The molecule has 2 N–H and O–H groups in total. The molecule has 4 nitrogen and oxygen atoms in total. The van der Waals surface area contributed by atoms with Crippen molar-refractivity contribution in [1.29, 1.82) is 0 Å². The molecule has 0 amide bonds. The van der Waals surface area contributed by atoms with Crippen LogP contribution in [0.2, 0.25) is 0 Å². The maximum Gasteiger partial charge on any atom is 0.158 e. The minimum Gasteiger partial charge on any atom is -0.397 e. The Morgan fingerprint density at radius 2 is 2.29 bits per heavy atom. The largest absolute Gasteiger partial charge is 0.397 e. The molecule has 0 unspecified atom stereocenters. The van der Waals surface area contributed by atoms with Gasteiger partial charge in [-0.25, -0.2) is 9.50 Å². The van der Waals surface area contributed by atoms with E-state index in [4.69, 9.17) is 5.73 Å². The zero-order chi connectivity index (χ0) is 10.1. The van der Waals surface area contributed by atoms with E-state index in [1.165, 1.54) is 0 Å². The molecule has 0 spiro atoms. The highest BCUT2D eigenvalue weighted by molar-refractivity contribution is 5.53. The average molecular weight is 190 g/mol. The second kappa shape index (κ2) is 3.29. The van der Waals surface area contributed by atoms with E-state index in [0.29, 0.717) is 0 Å². The number of pyridine rings is 1. The lowest BCUT2D eigenvalue weighted by Gasteiger charge is -1.97. The molecule has 2 heterocycles. The number of nitrogens with two attached hydrogens (primary N) is 1. The van der Waals surface area contributed by atoms with Gasteiger partial charge in [-0.05, 0) is 25.0 Å². The van der Waals surface area contributed by atoms with E-state index in [-0.39, 0.29) is 0 Å². The SMILES string of the molecule is CCCc1nc2c(C)cc(N)cn2n1. The fourth-order valence-electron chi connectivity index (χ4n) is 1.55. The molecule has 0 bridgehead atoms. The molecule has 0 saturated heterocycles. The van der Waals surface area contributed by atoms with Crippen LogP contribution in [0.15, 0.2) is 12.3 Å². The monoisotopic (exact) mass is 190 g/mol. The lowest BCUT2D eigenvalue weighted by molar-refractivity contribution is 0.819. The lowest BCUT2D eigenvalue weighted by Crippen LogP contribution is -1.94. The van der Waals surface area contributed by atoms with Crippen molar-refractivity contribution in [2.24, 2.45) is 0 Å². The van der Waals surface area contributed by atoms with Crippen LogP contribution in [0.1, 0.15) is 24.7 Å². The van der Waals surface area contributed by atoms with Crippen molar-refractivity contribution in [2.45, 2.75) is 26.7 Å². The first kappa shape index (κ1) is 8.99. The minimum atomic E-state index is 0.725. The molecule has 2 rings (SSSR count). The summed E-state index contributed by atoms with van der Waals surface area (Å²) in [5.41, 5.74) is 8.42. The van der Waals surface area contributed by atoms with Gasteiger partial charge in [-0.15, -0.1) is 0 Å². The number of anilines is 1. The highest BCUT2D eigenvalue weighted by atomic mass is 15.3. The summed E-state index contributed by atoms with van der Waals surface area (Å²) in [6.45, 7) is 4.11. The summed E-state index contributed by atoms with van der Waals surface area (Å²) in [4.78, 5) is 4.44. The van der Waals surface area contributed by atoms with Gasteiger partial charge in [0.25, 0.3) is 0 Å². The molecule has 0 fully saturated rings. The second-order valence-electron chi connectivity index (χ2n) is 3.50. The van der Waals surface area contributed by atoms with Crippen molar-refractivity contribution in [3.05, 3.63) is 23.7 Å². The molecule has 0 aliphatic rings. The summed E-state index contributed by atoms with van der Waals surface area (Å²) in [7, 11) is 0. The van der Waals surface area contributed by atoms with E-state index in [1.807, 2.05) is 13.0 Å². The van der Waals surface area contributed by atoms with Crippen LogP contribution in [0.4, 0.5) is 5.69 Å². The average Bonchev–Trinajstić information content (AvgIpc) is 2.48. The first-order valence-corrected chi connectivity index (χ1v) is 4.82. The topological polar surface area (TPSA) is 56.2 Å². The summed E-state index contributed by atoms with van der Waals surface area (Å²) in [6.07, 6.45) is 3.78. The van der Waals surface area contributed by atoms with Crippen molar-refractivity contribution in [1.82, 2.24) is 14.6 Å². The van der Waals surface area contributed by atoms with Crippen LogP contribution < -0.4 is 5.73 Å². The molecular formula is C10H14N4. The van der Waals surface area contributed by atoms with Crippen molar-refractivity contribution in [3.63, 3.8) is 0 Å². The molecule has 0 aliphatic heterocycles. The van der Waals surface area contributed by atoms with Gasteiger partial charge in [0.1, 0.15) is 0 Å². The van der Waals surface area contributed by atoms with Gasteiger partial charge in [0, 0.05) is 6.42 Å². The van der Waals surface area contributed by atoms with Crippen LogP contribution in [0.5, 0.6) is 0 Å². The molecule has 0 aliphatic carbocycles. The molecule has 2 aromatic rings. The highest BCUT2D eigenvalue weighted by Gasteiger charge is 2.05. The summed E-state index contributed by atoms with van der Waals surface area (Å²) in [6, 6.07) is 1.92. The molecule has 0 radical (unpaired) electrons. The molecular weight excluding hydrogens is 176 g/mol. The van der Waals surface area contributed by atoms with Gasteiger partial charge in [0.2, 0.25) is 0 Å². The maximum atomic E-state index is 5.72. The van der Waals surface area contributed by atoms with Crippen LogP contribution in [0, 0.1) is 6.92 Å². The molecule has 0 atom stereocenters. The number of nitrogen functional groups attached to an aromatic ring is 1. The standard InChI is InChI=1S/C10H14N4/c1-3-4-9-12-10-7(2)5-8(11)6-14(10)13-9/h5-6H,3-4,11H2,1-2H3. The number of aromatic nitrogens is 3. The summed E-state index contributed by atoms with van der Waals surface area (Å²) in [5.74, 6) is 0.890. The lowest BCUT2D eigenvalue weighted by atomic mass is 10.3. The second-order valence-corrected chi connectivity index (χ2v) is 3.50. The van der Waals surface area contributed by atoms with E-state index in [9.17, 15) is 0 Å². The Balaban J connectivity index is 2.58. The van der Waals surface area contributed by atoms with Crippen LogP contribution in [-0.2, 0) is 6.42 Å². The van der Waals surface area contributed by atoms with E-state index in [2.05, 4.69) is 17.0 Å². The van der Waals surface area contributed by atoms with Gasteiger partial charge in [0.05, 0.1) is 11.9 Å². The van der Waals surface area contributed by atoms with E-state index < -0.39 is 0 Å². The molecule has 74 valence electrons. The normalized spacial score (nSPS) is 11.0. The predicted molar refractivity (Wildman–Crippen MR) is 56.1 cm³/mol. The van der Waals surface area contributed by atoms with E-state index in [1.54, 1.807) is 10.7 Å². The fraction of sp³-hybridized carbons (Fsp3) is 0.400. The third-order valence-electron chi connectivity index (χ3n) is 2.16. The number of nitrogens with zero attached hydrogens (tertiary/aromatic N) is 3. The number of hydrogen-bond donors (Lipinski definition) is 1. The summed E-state index contributed by atoms with van der Waals surface area (Å²) >= 11 is 0. The summed E-state index contributed by atoms with van der Waals surface area (Å²) in [5, 5.41) is 4.35. The molecule has 4 heteroatoms. The maximum absolute atomic E-state index is 5.72. The van der Waals surface area contributed by atoms with Crippen LogP contribution in [0.3, 0.4) is 0 Å². The van der Waals surface area contributed by atoms with Crippen molar-refractivity contribution < 1.29 is 0 Å². The highest BCUT2D eigenvalue weighted by Crippen LogP contribution is 2.12. The van der Waals surface area contributed by atoms with Crippen molar-refractivity contribution >= 4 is 11.3 Å². The van der Waals surface area contributed by atoms with Crippen molar-refractivity contribution in [2.75, 3.05) is 5.73 Å². The van der Waals surface area contributed by atoms with Gasteiger partial charge < -0.3 is 5.73 Å². The van der Waals surface area contributed by atoms with Gasteiger partial charge in [0.15, 0.2) is 11.5 Å². The van der Waals surface area contributed by atoms with Gasteiger partial charge >= 0.3 is 0 Å². The third-order valence-corrected chi connectivity index (χ3v) is 2.16. The Kier molecular flexibility index (Phi) is 2.11. The molecule has 14 heavy (non-hydrogen) atoms. The zero-order valence-electron chi connectivity index (χ0n) is 8.49. The Morgan fingerprint density at radius 3 is 3.00 bits per heavy atom. The summed E-state index contributed by atoms with van der Waals surface area (Å²) < 4.78 is 1.76. The molecule has 0 aromatic carbocycles. The smallest absolute Gasteiger partial charge is 0.158 e. The first-order chi connectivity index (χ1) is 6.70. The van der Waals surface area contributed by atoms with Gasteiger partial charge in [-0.1, -0.05) is 6.92 Å². The number of aryl methyl sites for hydroxylation is 2. The zero-order valence-corrected chi connectivity index (χ0v) is 8.49. The Labute approximate surface area is 82.8 Å². The predicted octanol–water partition coefficient (Wildman–Crippen LogP) is 1.57. The quantitative estimate of drug-likeness (QED) is 0.782. The van der Waals surface area contributed by atoms with Crippen LogP contribution in [-0.4, -0.2) is 14.6 Å². The van der Waals surface area contributed by atoms with Crippen molar-refractivity contribution in [3.8, 4) is 0 Å². The van der Waals surface area contributed by atoms with E-state index >= 15 is 0 Å². The fourth-order valence-corrected chi connectivity index (χ4v) is 1.55. The Hall–Kier alpha value is -1.58. The Morgan fingerprint density at radius 1 is 1.50 bits per heavy atom. The first-order valence-electron chi connectivity index (χ1n) is 4.82. The molecule has 2 aromatic heterocycles. The van der Waals surface area contributed by atoms with Crippen LogP contribution in [0.25, 0.3) is 5.65 Å². The Bertz CT molecular complexity index is 458. The third kappa shape index (κ3) is 1.43. The van der Waals surface area contributed by atoms with E-state index in [0.717, 1.165) is 35.6 Å². The number of fused-ring (bicyclic) bond motifs is 1.